The molecule has 3 aromatic carbocycles. The number of aromatic nitrogens is 2. The lowest BCUT2D eigenvalue weighted by Gasteiger charge is -2.05. The molecule has 31 heavy (non-hydrogen) atoms. The van der Waals surface area contributed by atoms with Crippen molar-refractivity contribution in [2.24, 2.45) is 7.05 Å². The van der Waals surface area contributed by atoms with Gasteiger partial charge in [0.2, 0.25) is 16.4 Å². The number of aryl methyl sites for hydroxylation is 2. The van der Waals surface area contributed by atoms with Gasteiger partial charge in [0.05, 0.1) is 4.90 Å². The molecule has 0 aliphatic carbocycles. The Morgan fingerprint density at radius 3 is 2.35 bits per heavy atom. The van der Waals surface area contributed by atoms with Gasteiger partial charge in [0, 0.05) is 6.07 Å². The monoisotopic (exact) mass is 452 g/mol. The summed E-state index contributed by atoms with van der Waals surface area (Å²) in [7, 11) is -2.18. The largest absolute Gasteiger partial charge is 0.744 e. The van der Waals surface area contributed by atoms with E-state index in [9.17, 15) is 13.0 Å². The van der Waals surface area contributed by atoms with Gasteiger partial charge in [-0.25, -0.2) is 13.4 Å². The molecule has 0 unspecified atom stereocenters. The second kappa shape index (κ2) is 8.58. The van der Waals surface area contributed by atoms with Crippen LogP contribution in [-0.2, 0) is 23.6 Å². The number of para-hydroxylation sites is 3. The molecule has 0 spiro atoms. The van der Waals surface area contributed by atoms with E-state index in [1.165, 1.54) is 27.4 Å². The summed E-state index contributed by atoms with van der Waals surface area (Å²) in [5.74, 6) is 0.772. The smallest absolute Gasteiger partial charge is 0.247 e. The predicted molar refractivity (Wildman–Crippen MR) is 119 cm³/mol. The maximum atomic E-state index is 10.4. The van der Waals surface area contributed by atoms with Gasteiger partial charge in [0.15, 0.2) is 5.58 Å². The van der Waals surface area contributed by atoms with E-state index in [4.69, 9.17) is 4.42 Å². The molecule has 0 radical (unpaired) electrons. The first-order valence-electron chi connectivity index (χ1n) is 9.55. The third kappa shape index (κ3) is 4.82. The molecule has 158 valence electrons. The zero-order chi connectivity index (χ0) is 22.0. The van der Waals surface area contributed by atoms with Crippen molar-refractivity contribution < 1.29 is 22.0 Å². The number of nitrogens with zero attached hydrogens (tertiary/aromatic N) is 2. The van der Waals surface area contributed by atoms with Gasteiger partial charge in [-0.2, -0.15) is 4.57 Å². The van der Waals surface area contributed by atoms with Crippen LogP contribution in [-0.4, -0.2) is 18.0 Å². The van der Waals surface area contributed by atoms with Crippen LogP contribution in [0, 0.1) is 6.92 Å². The molecule has 5 aromatic rings. The highest BCUT2D eigenvalue weighted by atomic mass is 32.2. The van der Waals surface area contributed by atoms with Gasteiger partial charge >= 0.3 is 0 Å². The Hall–Kier alpha value is -3.07. The van der Waals surface area contributed by atoms with Crippen LogP contribution in [0.2, 0.25) is 0 Å². The Kier molecular flexibility index (Phi) is 5.86. The number of oxazole rings is 1. The second-order valence-electron chi connectivity index (χ2n) is 7.04. The highest BCUT2D eigenvalue weighted by Gasteiger charge is 2.19. The maximum absolute atomic E-state index is 10.4. The molecule has 6 nitrogen and oxygen atoms in total. The van der Waals surface area contributed by atoms with Gasteiger partial charge in [-0.15, -0.1) is 0 Å². The molecule has 2 heterocycles. The lowest BCUT2D eigenvalue weighted by molar-refractivity contribution is -0.647. The standard InChI is InChI=1S/C16H13N2OS.C7H8O3S/c1-18-12-7-3-5-9-14(12)20-16(18)10-15-17-11-6-2-4-8-13(11)19-15;1-6-2-4-7(5-3-6)11(8,9)10/h2-9H,10H2,1H3;2-5H,1H3,(H,8,9,10)/q+1;/p-1. The van der Waals surface area contributed by atoms with Crippen molar-refractivity contribution in [3.05, 3.63) is 89.3 Å². The average molecular weight is 453 g/mol. The molecule has 0 fully saturated rings. The first-order chi connectivity index (χ1) is 14.8. The van der Waals surface area contributed by atoms with Gasteiger partial charge in [0.25, 0.3) is 0 Å². The molecule has 8 heteroatoms. The Bertz CT molecular complexity index is 1420. The van der Waals surface area contributed by atoms with Crippen LogP contribution in [0.3, 0.4) is 0 Å². The van der Waals surface area contributed by atoms with Gasteiger partial charge in [-0.1, -0.05) is 53.3 Å². The lowest BCUT2D eigenvalue weighted by Crippen LogP contribution is -2.30. The zero-order valence-electron chi connectivity index (χ0n) is 17.0. The van der Waals surface area contributed by atoms with Crippen LogP contribution in [0.1, 0.15) is 16.5 Å². The minimum Gasteiger partial charge on any atom is -0.744 e. The van der Waals surface area contributed by atoms with E-state index in [0.29, 0.717) is 0 Å². The Balaban J connectivity index is 0.000000180. The van der Waals surface area contributed by atoms with E-state index in [0.717, 1.165) is 29.0 Å². The van der Waals surface area contributed by atoms with Gasteiger partial charge in [0.1, 0.15) is 33.8 Å². The summed E-state index contributed by atoms with van der Waals surface area (Å²) in [6.45, 7) is 1.82. The fourth-order valence-electron chi connectivity index (χ4n) is 3.13. The average Bonchev–Trinajstić information content (AvgIpc) is 3.29. The fraction of sp³-hybridized carbons (Fsp3) is 0.130. The number of hydrogen-bond donors (Lipinski definition) is 0. The molecule has 0 atom stereocenters. The summed E-state index contributed by atoms with van der Waals surface area (Å²) in [5.41, 5.74) is 3.96. The molecular weight excluding hydrogens is 432 g/mol. The summed E-state index contributed by atoms with van der Waals surface area (Å²) >= 11 is 1.79. The zero-order valence-corrected chi connectivity index (χ0v) is 18.6. The van der Waals surface area contributed by atoms with Gasteiger partial charge < -0.3 is 8.97 Å². The van der Waals surface area contributed by atoms with Crippen LogP contribution in [0.4, 0.5) is 0 Å². The second-order valence-corrected chi connectivity index (χ2v) is 9.54. The van der Waals surface area contributed by atoms with E-state index < -0.39 is 10.1 Å². The predicted octanol–water partition coefficient (Wildman–Crippen LogP) is 4.36. The van der Waals surface area contributed by atoms with Crippen molar-refractivity contribution in [1.82, 2.24) is 4.98 Å². The summed E-state index contributed by atoms with van der Waals surface area (Å²) in [5, 5.41) is 1.25. The molecule has 5 rings (SSSR count). The number of thiazole rings is 1. The highest BCUT2D eigenvalue weighted by molar-refractivity contribution is 7.85. The topological polar surface area (TPSA) is 87.1 Å². The SMILES string of the molecule is C[n+]1c(Cc2nc3ccccc3o2)sc2ccccc21.Cc1ccc(S(=O)(=O)[O-])cc1. The van der Waals surface area contributed by atoms with Crippen LogP contribution in [0.5, 0.6) is 0 Å². The molecule has 0 aliphatic rings. The van der Waals surface area contributed by atoms with Gasteiger partial charge in [-0.3, -0.25) is 0 Å². The lowest BCUT2D eigenvalue weighted by atomic mass is 10.2. The molecule has 0 bridgehead atoms. The molecule has 0 amide bonds. The summed E-state index contributed by atoms with van der Waals surface area (Å²) < 4.78 is 40.5. The van der Waals surface area contributed by atoms with Crippen molar-refractivity contribution >= 4 is 42.8 Å². The van der Waals surface area contributed by atoms with Crippen molar-refractivity contribution in [3.63, 3.8) is 0 Å². The third-order valence-electron chi connectivity index (χ3n) is 4.78. The summed E-state index contributed by atoms with van der Waals surface area (Å²) in [4.78, 5) is 4.37. The molecule has 0 saturated heterocycles. The van der Waals surface area contributed by atoms with Crippen LogP contribution < -0.4 is 4.57 Å². The van der Waals surface area contributed by atoms with Gasteiger partial charge in [-0.05, 0) is 37.3 Å². The number of benzene rings is 3. The maximum Gasteiger partial charge on any atom is 0.247 e. The molecule has 0 saturated carbocycles. The van der Waals surface area contributed by atoms with Crippen molar-refractivity contribution in [2.45, 2.75) is 18.2 Å². The molecule has 0 aliphatic heterocycles. The first kappa shape index (κ1) is 21.2. The minimum absolute atomic E-state index is 0.178. The van der Waals surface area contributed by atoms with Crippen LogP contribution in [0.15, 0.2) is 82.1 Å². The van der Waals surface area contributed by atoms with Crippen molar-refractivity contribution in [3.8, 4) is 0 Å². The number of hydrogen-bond acceptors (Lipinski definition) is 6. The summed E-state index contributed by atoms with van der Waals surface area (Å²) in [6, 6.07) is 22.1. The van der Waals surface area contributed by atoms with E-state index in [1.54, 1.807) is 23.5 Å². The minimum atomic E-state index is -4.27. The number of rotatable bonds is 3. The third-order valence-corrected chi connectivity index (χ3v) is 6.85. The van der Waals surface area contributed by atoms with Crippen molar-refractivity contribution in [1.29, 1.82) is 0 Å². The Morgan fingerprint density at radius 1 is 1.00 bits per heavy atom. The first-order valence-corrected chi connectivity index (χ1v) is 11.8. The Morgan fingerprint density at radius 2 is 1.68 bits per heavy atom. The van der Waals surface area contributed by atoms with Crippen molar-refractivity contribution in [2.75, 3.05) is 0 Å². The highest BCUT2D eigenvalue weighted by Crippen LogP contribution is 2.23. The number of fused-ring (bicyclic) bond motifs is 2. The molecular formula is C23H20N2O4S2. The van der Waals surface area contributed by atoms with E-state index in [1.807, 2.05) is 31.2 Å². The Labute approximate surface area is 184 Å². The quantitative estimate of drug-likeness (QED) is 0.300. The van der Waals surface area contributed by atoms with E-state index >= 15 is 0 Å². The van der Waals surface area contributed by atoms with Crippen LogP contribution >= 0.6 is 11.3 Å². The van der Waals surface area contributed by atoms with E-state index in [-0.39, 0.29) is 4.90 Å². The van der Waals surface area contributed by atoms with Crippen LogP contribution in [0.25, 0.3) is 21.3 Å². The summed E-state index contributed by atoms with van der Waals surface area (Å²) in [6.07, 6.45) is 0.727. The molecule has 2 aromatic heterocycles. The normalized spacial score (nSPS) is 11.5. The van der Waals surface area contributed by atoms with E-state index in [2.05, 4.69) is 40.9 Å². The molecule has 0 N–H and O–H groups in total. The fourth-order valence-corrected chi connectivity index (χ4v) is 4.75.